The average molecular weight is 315 g/mol. The number of aliphatic imine (C=N–C) groups is 1. The molecule has 1 aliphatic heterocycles. The Kier molecular flexibility index (Phi) is 4.64. The number of methoxy groups -OCH3 is 1. The first-order valence-electron chi connectivity index (χ1n) is 7.47. The van der Waals surface area contributed by atoms with Gasteiger partial charge in [0.2, 0.25) is 0 Å². The third kappa shape index (κ3) is 3.25. The highest BCUT2D eigenvalue weighted by atomic mass is 35.5. The van der Waals surface area contributed by atoms with Gasteiger partial charge in [0.15, 0.2) is 0 Å². The minimum Gasteiger partial charge on any atom is -0.496 e. The van der Waals surface area contributed by atoms with E-state index in [9.17, 15) is 0 Å². The minimum atomic E-state index is 0.742. The number of amidine groups is 1. The van der Waals surface area contributed by atoms with Crippen molar-refractivity contribution in [2.45, 2.75) is 12.8 Å². The molecule has 0 aromatic heterocycles. The van der Waals surface area contributed by atoms with Gasteiger partial charge < -0.3 is 10.1 Å². The van der Waals surface area contributed by atoms with Crippen LogP contribution < -0.4 is 10.1 Å². The highest BCUT2D eigenvalue weighted by Gasteiger charge is 2.13. The van der Waals surface area contributed by atoms with Crippen molar-refractivity contribution in [2.75, 3.05) is 20.2 Å². The Morgan fingerprint density at radius 2 is 1.95 bits per heavy atom. The number of hydrogen-bond acceptors (Lipinski definition) is 3. The molecule has 0 aliphatic carbocycles. The number of ether oxygens (including phenoxy) is 1. The van der Waals surface area contributed by atoms with Crippen LogP contribution in [0, 0.1) is 0 Å². The first-order chi connectivity index (χ1) is 10.8. The first kappa shape index (κ1) is 14.9. The fraction of sp³-hybridized carbons (Fsp3) is 0.278. The molecule has 0 saturated carbocycles. The van der Waals surface area contributed by atoms with Gasteiger partial charge in [-0.3, -0.25) is 4.99 Å². The van der Waals surface area contributed by atoms with E-state index in [2.05, 4.69) is 34.6 Å². The molecule has 2 aromatic rings. The third-order valence-corrected chi connectivity index (χ3v) is 4.09. The lowest BCUT2D eigenvalue weighted by Gasteiger charge is -2.12. The van der Waals surface area contributed by atoms with Gasteiger partial charge in [0.25, 0.3) is 0 Å². The second-order valence-corrected chi connectivity index (χ2v) is 5.71. The van der Waals surface area contributed by atoms with Gasteiger partial charge in [-0.05, 0) is 42.2 Å². The Morgan fingerprint density at radius 1 is 1.14 bits per heavy atom. The monoisotopic (exact) mass is 314 g/mol. The second kappa shape index (κ2) is 6.84. The van der Waals surface area contributed by atoms with Gasteiger partial charge in [-0.1, -0.05) is 35.9 Å². The standard InChI is InChI=1S/C18H19ClN2O/c1-22-17-9-8-15(19)12-14(17)7-6-13-4-2-3-5-16(13)18-20-10-11-21-18/h2-5,8-9,12H,6-7,10-11H2,1H3,(H,20,21). The lowest BCUT2D eigenvalue weighted by atomic mass is 9.98. The van der Waals surface area contributed by atoms with Crippen molar-refractivity contribution in [3.8, 4) is 5.75 Å². The van der Waals surface area contributed by atoms with Gasteiger partial charge in [0, 0.05) is 17.1 Å². The van der Waals surface area contributed by atoms with Gasteiger partial charge in [-0.25, -0.2) is 0 Å². The zero-order chi connectivity index (χ0) is 15.4. The Balaban J connectivity index is 1.81. The molecule has 0 amide bonds. The normalized spacial score (nSPS) is 13.6. The molecule has 114 valence electrons. The summed E-state index contributed by atoms with van der Waals surface area (Å²) in [6.45, 7) is 1.78. The van der Waals surface area contributed by atoms with Crippen LogP contribution in [-0.4, -0.2) is 26.0 Å². The topological polar surface area (TPSA) is 33.6 Å². The maximum atomic E-state index is 6.11. The van der Waals surface area contributed by atoms with Crippen molar-refractivity contribution < 1.29 is 4.74 Å². The van der Waals surface area contributed by atoms with E-state index in [-0.39, 0.29) is 0 Å². The maximum Gasteiger partial charge on any atom is 0.128 e. The number of benzene rings is 2. The molecule has 1 N–H and O–H groups in total. The van der Waals surface area contributed by atoms with Crippen molar-refractivity contribution in [1.29, 1.82) is 0 Å². The molecule has 4 heteroatoms. The van der Waals surface area contributed by atoms with E-state index in [1.54, 1.807) is 7.11 Å². The number of hydrogen-bond donors (Lipinski definition) is 1. The van der Waals surface area contributed by atoms with Gasteiger partial charge in [0.1, 0.15) is 11.6 Å². The maximum absolute atomic E-state index is 6.11. The van der Waals surface area contributed by atoms with Crippen LogP contribution in [0.3, 0.4) is 0 Å². The van der Waals surface area contributed by atoms with Crippen LogP contribution in [-0.2, 0) is 12.8 Å². The molecule has 0 spiro atoms. The van der Waals surface area contributed by atoms with E-state index in [0.717, 1.165) is 48.1 Å². The number of nitrogens with zero attached hydrogens (tertiary/aromatic N) is 1. The van der Waals surface area contributed by atoms with E-state index in [1.807, 2.05) is 18.2 Å². The van der Waals surface area contributed by atoms with E-state index < -0.39 is 0 Å². The van der Waals surface area contributed by atoms with Crippen LogP contribution >= 0.6 is 11.6 Å². The van der Waals surface area contributed by atoms with Crippen molar-refractivity contribution in [3.63, 3.8) is 0 Å². The summed E-state index contributed by atoms with van der Waals surface area (Å²) in [6.07, 6.45) is 1.81. The van der Waals surface area contributed by atoms with Crippen molar-refractivity contribution in [1.82, 2.24) is 5.32 Å². The summed E-state index contributed by atoms with van der Waals surface area (Å²) in [5, 5.41) is 4.09. The van der Waals surface area contributed by atoms with Crippen LogP contribution in [0.25, 0.3) is 0 Å². The zero-order valence-electron chi connectivity index (χ0n) is 12.6. The molecule has 0 fully saturated rings. The van der Waals surface area contributed by atoms with Crippen LogP contribution in [0.2, 0.25) is 5.02 Å². The van der Waals surface area contributed by atoms with Crippen LogP contribution in [0.1, 0.15) is 16.7 Å². The van der Waals surface area contributed by atoms with E-state index in [1.165, 1.54) is 11.1 Å². The Morgan fingerprint density at radius 3 is 2.73 bits per heavy atom. The molecule has 0 radical (unpaired) electrons. The SMILES string of the molecule is COc1ccc(Cl)cc1CCc1ccccc1C1=NCCN1. The summed E-state index contributed by atoms with van der Waals surface area (Å²) >= 11 is 6.11. The molecule has 22 heavy (non-hydrogen) atoms. The molecular weight excluding hydrogens is 296 g/mol. The van der Waals surface area contributed by atoms with E-state index in [4.69, 9.17) is 16.3 Å². The van der Waals surface area contributed by atoms with Crippen molar-refractivity contribution in [3.05, 3.63) is 64.2 Å². The number of halogens is 1. The molecule has 2 aromatic carbocycles. The summed E-state index contributed by atoms with van der Waals surface area (Å²) in [5.74, 6) is 1.90. The Labute approximate surface area is 136 Å². The Bertz CT molecular complexity index is 697. The van der Waals surface area contributed by atoms with E-state index >= 15 is 0 Å². The molecule has 3 nitrogen and oxygen atoms in total. The molecule has 0 bridgehead atoms. The summed E-state index contributed by atoms with van der Waals surface area (Å²) in [4.78, 5) is 4.53. The number of nitrogens with one attached hydrogen (secondary N) is 1. The average Bonchev–Trinajstić information content (AvgIpc) is 3.07. The summed E-state index contributed by atoms with van der Waals surface area (Å²) in [6, 6.07) is 14.2. The van der Waals surface area contributed by atoms with Gasteiger partial charge >= 0.3 is 0 Å². The van der Waals surface area contributed by atoms with Crippen LogP contribution in [0.5, 0.6) is 5.75 Å². The molecular formula is C18H19ClN2O. The predicted molar refractivity (Wildman–Crippen MR) is 91.3 cm³/mol. The molecule has 0 atom stereocenters. The minimum absolute atomic E-state index is 0.742. The zero-order valence-corrected chi connectivity index (χ0v) is 13.4. The number of aryl methyl sites for hydroxylation is 2. The highest BCUT2D eigenvalue weighted by Crippen LogP contribution is 2.24. The highest BCUT2D eigenvalue weighted by molar-refractivity contribution is 6.30. The summed E-state index contributed by atoms with van der Waals surface area (Å²) in [7, 11) is 1.69. The van der Waals surface area contributed by atoms with Gasteiger partial charge in [-0.15, -0.1) is 0 Å². The molecule has 1 aliphatic rings. The van der Waals surface area contributed by atoms with Gasteiger partial charge in [-0.2, -0.15) is 0 Å². The smallest absolute Gasteiger partial charge is 0.128 e. The molecule has 3 rings (SSSR count). The molecule has 1 heterocycles. The van der Waals surface area contributed by atoms with Crippen molar-refractivity contribution in [2.24, 2.45) is 4.99 Å². The van der Waals surface area contributed by atoms with Gasteiger partial charge in [0.05, 0.1) is 13.7 Å². The number of rotatable bonds is 5. The molecule has 0 unspecified atom stereocenters. The molecule has 0 saturated heterocycles. The van der Waals surface area contributed by atoms with Crippen LogP contribution in [0.4, 0.5) is 0 Å². The van der Waals surface area contributed by atoms with E-state index in [0.29, 0.717) is 0 Å². The fourth-order valence-electron chi connectivity index (χ4n) is 2.76. The summed E-state index contributed by atoms with van der Waals surface area (Å²) in [5.41, 5.74) is 3.62. The van der Waals surface area contributed by atoms with Crippen LogP contribution in [0.15, 0.2) is 47.5 Å². The van der Waals surface area contributed by atoms with Crippen molar-refractivity contribution >= 4 is 17.4 Å². The Hall–Kier alpha value is -2.00. The lowest BCUT2D eigenvalue weighted by Crippen LogP contribution is -2.21. The first-order valence-corrected chi connectivity index (χ1v) is 7.85. The largest absolute Gasteiger partial charge is 0.496 e. The quantitative estimate of drug-likeness (QED) is 0.916. The fourth-order valence-corrected chi connectivity index (χ4v) is 2.95. The summed E-state index contributed by atoms with van der Waals surface area (Å²) < 4.78 is 5.42. The second-order valence-electron chi connectivity index (χ2n) is 5.27. The predicted octanol–water partition coefficient (Wildman–Crippen LogP) is 3.48. The third-order valence-electron chi connectivity index (χ3n) is 3.85. The lowest BCUT2D eigenvalue weighted by molar-refractivity contribution is 0.409.